The second-order valence-electron chi connectivity index (χ2n) is 5.49. The highest BCUT2D eigenvalue weighted by Gasteiger charge is 2.36. The van der Waals surface area contributed by atoms with Crippen molar-refractivity contribution in [1.29, 1.82) is 0 Å². The van der Waals surface area contributed by atoms with E-state index in [2.05, 4.69) is 27.9 Å². The van der Waals surface area contributed by atoms with Gasteiger partial charge in [-0.1, -0.05) is 30.9 Å². The van der Waals surface area contributed by atoms with E-state index in [0.29, 0.717) is 23.4 Å². The maximum absolute atomic E-state index is 12.4. The summed E-state index contributed by atoms with van der Waals surface area (Å²) in [6.45, 7) is 0. The van der Waals surface area contributed by atoms with Gasteiger partial charge in [0.25, 0.3) is 5.91 Å². The summed E-state index contributed by atoms with van der Waals surface area (Å²) in [5.74, 6) is -1.13. The minimum Gasteiger partial charge on any atom is -0.481 e. The van der Waals surface area contributed by atoms with Crippen molar-refractivity contribution in [2.75, 3.05) is 0 Å². The predicted octanol–water partition coefficient (Wildman–Crippen LogP) is 3.85. The molecule has 1 aromatic rings. The summed E-state index contributed by atoms with van der Waals surface area (Å²) in [6, 6.07) is 5.11. The van der Waals surface area contributed by atoms with Crippen LogP contribution in [0.2, 0.25) is 5.02 Å². The molecule has 2 rings (SSSR count). The maximum Gasteiger partial charge on any atom is 0.305 e. The van der Waals surface area contributed by atoms with Gasteiger partial charge in [0.1, 0.15) is 0 Å². The molecule has 0 aliphatic heterocycles. The van der Waals surface area contributed by atoms with Crippen LogP contribution in [-0.4, -0.2) is 22.5 Å². The van der Waals surface area contributed by atoms with Crippen LogP contribution in [0, 0.1) is 3.57 Å². The van der Waals surface area contributed by atoms with Crippen LogP contribution >= 0.6 is 34.2 Å². The van der Waals surface area contributed by atoms with Gasteiger partial charge in [-0.25, -0.2) is 0 Å². The highest BCUT2D eigenvalue weighted by Crippen LogP contribution is 2.31. The Morgan fingerprint density at radius 1 is 1.29 bits per heavy atom. The molecule has 1 aliphatic carbocycles. The van der Waals surface area contributed by atoms with Crippen LogP contribution in [0.1, 0.15) is 48.9 Å². The zero-order chi connectivity index (χ0) is 15.5. The number of hydrogen-bond donors (Lipinski definition) is 2. The van der Waals surface area contributed by atoms with Crippen molar-refractivity contribution >= 4 is 46.1 Å². The number of benzene rings is 1. The fourth-order valence-electron chi connectivity index (χ4n) is 2.81. The summed E-state index contributed by atoms with van der Waals surface area (Å²) >= 11 is 8.14. The average molecular weight is 422 g/mol. The molecule has 0 saturated heterocycles. The molecule has 1 aromatic carbocycles. The Labute approximate surface area is 142 Å². The van der Waals surface area contributed by atoms with Crippen molar-refractivity contribution in [3.05, 3.63) is 32.4 Å². The lowest BCUT2D eigenvalue weighted by atomic mass is 9.79. The quantitative estimate of drug-likeness (QED) is 0.726. The lowest BCUT2D eigenvalue weighted by Crippen LogP contribution is -2.51. The number of hydrogen-bond acceptors (Lipinski definition) is 2. The first-order chi connectivity index (χ1) is 9.92. The molecule has 6 heteroatoms. The highest BCUT2D eigenvalue weighted by atomic mass is 127. The van der Waals surface area contributed by atoms with Crippen LogP contribution in [0.15, 0.2) is 18.2 Å². The van der Waals surface area contributed by atoms with Gasteiger partial charge in [0.15, 0.2) is 0 Å². The summed E-state index contributed by atoms with van der Waals surface area (Å²) in [5, 5.41) is 12.6. The number of carbonyl (C=O) groups is 2. The molecule has 0 atom stereocenters. The molecular weight excluding hydrogens is 405 g/mol. The molecule has 1 amide bonds. The zero-order valence-electron chi connectivity index (χ0n) is 11.5. The van der Waals surface area contributed by atoms with E-state index in [0.717, 1.165) is 22.8 Å². The van der Waals surface area contributed by atoms with Crippen molar-refractivity contribution in [2.24, 2.45) is 0 Å². The molecule has 21 heavy (non-hydrogen) atoms. The summed E-state index contributed by atoms with van der Waals surface area (Å²) in [7, 11) is 0. The molecule has 2 N–H and O–H groups in total. The first-order valence-electron chi connectivity index (χ1n) is 6.91. The molecule has 0 aromatic heterocycles. The van der Waals surface area contributed by atoms with E-state index < -0.39 is 11.5 Å². The number of carboxylic acids is 1. The summed E-state index contributed by atoms with van der Waals surface area (Å²) in [4.78, 5) is 23.5. The Kier molecular flexibility index (Phi) is 5.48. The van der Waals surface area contributed by atoms with Gasteiger partial charge in [0.05, 0.1) is 17.0 Å². The molecule has 114 valence electrons. The van der Waals surface area contributed by atoms with Gasteiger partial charge in [-0.2, -0.15) is 0 Å². The third-order valence-corrected chi connectivity index (χ3v) is 5.43. The van der Waals surface area contributed by atoms with E-state index >= 15 is 0 Å². The fraction of sp³-hybridized carbons (Fsp3) is 0.467. The third-order valence-electron chi connectivity index (χ3n) is 3.86. The molecule has 0 unspecified atom stereocenters. The number of aliphatic carboxylic acids is 1. The summed E-state index contributed by atoms with van der Waals surface area (Å²) in [6.07, 6.45) is 4.37. The molecule has 1 saturated carbocycles. The Bertz CT molecular complexity index is 556. The van der Waals surface area contributed by atoms with Gasteiger partial charge in [0.2, 0.25) is 0 Å². The van der Waals surface area contributed by atoms with Crippen molar-refractivity contribution < 1.29 is 14.7 Å². The summed E-state index contributed by atoms with van der Waals surface area (Å²) < 4.78 is 0.878. The van der Waals surface area contributed by atoms with Crippen molar-refractivity contribution in [3.8, 4) is 0 Å². The van der Waals surface area contributed by atoms with Crippen LogP contribution in [0.5, 0.6) is 0 Å². The monoisotopic (exact) mass is 421 g/mol. The highest BCUT2D eigenvalue weighted by molar-refractivity contribution is 14.1. The Balaban J connectivity index is 2.17. The first-order valence-corrected chi connectivity index (χ1v) is 8.37. The molecule has 4 nitrogen and oxygen atoms in total. The molecule has 0 bridgehead atoms. The fourth-order valence-corrected chi connectivity index (χ4v) is 3.33. The van der Waals surface area contributed by atoms with E-state index in [-0.39, 0.29) is 12.3 Å². The van der Waals surface area contributed by atoms with Gasteiger partial charge in [-0.15, -0.1) is 0 Å². The number of rotatable bonds is 4. The normalized spacial score (nSPS) is 17.2. The summed E-state index contributed by atoms with van der Waals surface area (Å²) in [5.41, 5.74) is -0.160. The minimum absolute atomic E-state index is 0.0309. The van der Waals surface area contributed by atoms with Gasteiger partial charge in [0, 0.05) is 9.13 Å². The standard InChI is InChI=1S/C15H17ClINO3/c16-11-8-10(4-5-12(11)17)14(21)18-15(9-13(19)20)6-2-1-3-7-15/h4-5,8H,1-3,6-7,9H2,(H,18,21)(H,19,20). The SMILES string of the molecule is O=C(O)CC1(NC(=O)c2ccc(I)c(Cl)c2)CCCCC1. The Morgan fingerprint density at radius 2 is 1.95 bits per heavy atom. The molecule has 0 heterocycles. The predicted molar refractivity (Wildman–Crippen MR) is 89.7 cm³/mol. The smallest absolute Gasteiger partial charge is 0.305 e. The molecule has 0 radical (unpaired) electrons. The second kappa shape index (κ2) is 6.96. The lowest BCUT2D eigenvalue weighted by Gasteiger charge is -2.37. The van der Waals surface area contributed by atoms with Gasteiger partial charge in [-0.05, 0) is 53.6 Å². The number of nitrogens with one attached hydrogen (secondary N) is 1. The lowest BCUT2D eigenvalue weighted by molar-refractivity contribution is -0.139. The van der Waals surface area contributed by atoms with Gasteiger partial charge >= 0.3 is 5.97 Å². The van der Waals surface area contributed by atoms with Crippen LogP contribution in [-0.2, 0) is 4.79 Å². The van der Waals surface area contributed by atoms with Crippen LogP contribution in [0.25, 0.3) is 0 Å². The molecule has 1 aliphatic rings. The number of carboxylic acid groups (broad SMARTS) is 1. The topological polar surface area (TPSA) is 66.4 Å². The van der Waals surface area contributed by atoms with Crippen molar-refractivity contribution in [1.82, 2.24) is 5.32 Å². The van der Waals surface area contributed by atoms with Crippen molar-refractivity contribution in [3.63, 3.8) is 0 Å². The maximum atomic E-state index is 12.4. The molecule has 0 spiro atoms. The number of carbonyl (C=O) groups excluding carboxylic acids is 1. The van der Waals surface area contributed by atoms with E-state index in [4.69, 9.17) is 16.7 Å². The zero-order valence-corrected chi connectivity index (χ0v) is 14.4. The van der Waals surface area contributed by atoms with Gasteiger partial charge < -0.3 is 10.4 Å². The number of amides is 1. The van der Waals surface area contributed by atoms with Crippen molar-refractivity contribution in [2.45, 2.75) is 44.1 Å². The van der Waals surface area contributed by atoms with E-state index in [1.54, 1.807) is 18.2 Å². The minimum atomic E-state index is -0.877. The molecule has 1 fully saturated rings. The van der Waals surface area contributed by atoms with Crippen LogP contribution < -0.4 is 5.32 Å². The number of halogens is 2. The van der Waals surface area contributed by atoms with Crippen LogP contribution in [0.4, 0.5) is 0 Å². The Hall–Kier alpha value is -0.820. The molecular formula is C15H17ClINO3. The van der Waals surface area contributed by atoms with Crippen LogP contribution in [0.3, 0.4) is 0 Å². The largest absolute Gasteiger partial charge is 0.481 e. The van der Waals surface area contributed by atoms with E-state index in [1.807, 2.05) is 0 Å². The second-order valence-corrected chi connectivity index (χ2v) is 7.06. The van der Waals surface area contributed by atoms with E-state index in [9.17, 15) is 9.59 Å². The van der Waals surface area contributed by atoms with Gasteiger partial charge in [-0.3, -0.25) is 9.59 Å². The first kappa shape index (κ1) is 16.5. The van der Waals surface area contributed by atoms with E-state index in [1.165, 1.54) is 0 Å². The average Bonchev–Trinajstić information content (AvgIpc) is 2.41. The Morgan fingerprint density at radius 3 is 2.52 bits per heavy atom. The third kappa shape index (κ3) is 4.32.